The highest BCUT2D eigenvalue weighted by atomic mass is 16.4. The molecular formula is C15H14N6O3. The summed E-state index contributed by atoms with van der Waals surface area (Å²) in [4.78, 5) is 27.4. The minimum Gasteiger partial charge on any atom is -0.477 e. The van der Waals surface area contributed by atoms with Crippen molar-refractivity contribution in [3.63, 3.8) is 0 Å². The second kappa shape index (κ2) is 6.32. The van der Waals surface area contributed by atoms with E-state index in [0.29, 0.717) is 6.54 Å². The molecule has 1 aromatic carbocycles. The van der Waals surface area contributed by atoms with Gasteiger partial charge in [-0.2, -0.15) is 5.10 Å². The number of aromatic carboxylic acids is 1. The van der Waals surface area contributed by atoms with Gasteiger partial charge in [-0.1, -0.05) is 30.3 Å². The van der Waals surface area contributed by atoms with Crippen molar-refractivity contribution in [3.05, 3.63) is 59.7 Å². The smallest absolute Gasteiger partial charge is 0.354 e. The van der Waals surface area contributed by atoms with Gasteiger partial charge >= 0.3 is 5.97 Å². The van der Waals surface area contributed by atoms with Crippen molar-refractivity contribution in [2.75, 3.05) is 5.32 Å². The molecule has 9 nitrogen and oxygen atoms in total. The Morgan fingerprint density at radius 1 is 1.25 bits per heavy atom. The van der Waals surface area contributed by atoms with Crippen LogP contribution in [0.3, 0.4) is 0 Å². The molecule has 3 aromatic rings. The first kappa shape index (κ1) is 15.4. The molecule has 9 heteroatoms. The fourth-order valence-electron chi connectivity index (χ4n) is 2.22. The lowest BCUT2D eigenvalue weighted by Crippen LogP contribution is -2.18. The Balaban J connectivity index is 1.73. The van der Waals surface area contributed by atoms with Crippen LogP contribution < -0.4 is 5.32 Å². The van der Waals surface area contributed by atoms with E-state index in [1.165, 1.54) is 19.6 Å². The van der Waals surface area contributed by atoms with E-state index in [9.17, 15) is 9.59 Å². The van der Waals surface area contributed by atoms with Gasteiger partial charge in [-0.25, -0.2) is 14.5 Å². The molecule has 0 saturated carbocycles. The fraction of sp³-hybridized carbons (Fsp3) is 0.133. The van der Waals surface area contributed by atoms with E-state index >= 15 is 0 Å². The lowest BCUT2D eigenvalue weighted by molar-refractivity contribution is 0.0680. The van der Waals surface area contributed by atoms with Crippen LogP contribution in [0, 0.1) is 0 Å². The maximum absolute atomic E-state index is 12.2. The number of hydrogen-bond donors (Lipinski definition) is 2. The second-order valence-corrected chi connectivity index (χ2v) is 5.04. The summed E-state index contributed by atoms with van der Waals surface area (Å²) >= 11 is 0. The van der Waals surface area contributed by atoms with Gasteiger partial charge in [-0.3, -0.25) is 14.8 Å². The molecule has 0 aliphatic carbocycles. The topological polar surface area (TPSA) is 115 Å². The van der Waals surface area contributed by atoms with Gasteiger partial charge in [0.1, 0.15) is 6.33 Å². The number of hydrogen-bond acceptors (Lipinski definition) is 5. The van der Waals surface area contributed by atoms with Crippen LogP contribution in [-0.2, 0) is 13.6 Å². The Kier molecular flexibility index (Phi) is 4.06. The van der Waals surface area contributed by atoms with Crippen LogP contribution in [0.5, 0.6) is 0 Å². The molecule has 24 heavy (non-hydrogen) atoms. The minimum atomic E-state index is -1.23. The summed E-state index contributed by atoms with van der Waals surface area (Å²) in [6.07, 6.45) is 2.68. The molecule has 0 atom stereocenters. The van der Waals surface area contributed by atoms with E-state index in [0.717, 1.165) is 10.2 Å². The van der Waals surface area contributed by atoms with E-state index in [4.69, 9.17) is 5.11 Å². The van der Waals surface area contributed by atoms with E-state index in [1.807, 2.05) is 30.3 Å². The largest absolute Gasteiger partial charge is 0.477 e. The molecule has 0 bridgehead atoms. The molecule has 0 radical (unpaired) electrons. The maximum atomic E-state index is 12.2. The first-order chi connectivity index (χ1) is 11.5. The number of carbonyl (C=O) groups is 2. The summed E-state index contributed by atoms with van der Waals surface area (Å²) in [6, 6.07) is 9.67. The summed E-state index contributed by atoms with van der Waals surface area (Å²) in [5.74, 6) is -1.77. The number of benzene rings is 1. The van der Waals surface area contributed by atoms with Crippen molar-refractivity contribution < 1.29 is 14.7 Å². The zero-order valence-corrected chi connectivity index (χ0v) is 12.7. The number of aromatic nitrogens is 5. The van der Waals surface area contributed by atoms with Crippen molar-refractivity contribution in [2.24, 2.45) is 7.05 Å². The summed E-state index contributed by atoms with van der Waals surface area (Å²) in [6.45, 7) is 0.511. The van der Waals surface area contributed by atoms with Crippen LogP contribution in [0.2, 0.25) is 0 Å². The normalized spacial score (nSPS) is 10.5. The molecule has 0 fully saturated rings. The molecule has 0 spiro atoms. The Hall–Kier alpha value is -3.49. The zero-order chi connectivity index (χ0) is 17.1. The van der Waals surface area contributed by atoms with Crippen LogP contribution >= 0.6 is 0 Å². The highest BCUT2D eigenvalue weighted by molar-refractivity contribution is 6.09. The zero-order valence-electron chi connectivity index (χ0n) is 12.7. The maximum Gasteiger partial charge on any atom is 0.354 e. The lowest BCUT2D eigenvalue weighted by atomic mass is 10.2. The standard InChI is InChI=1S/C15H14N6O3/c1-20-12(14(23)24)11(7-17-20)13(22)18-15-16-9-21(19-15)8-10-5-3-2-4-6-10/h2-7,9H,8H2,1H3,(H,23,24)(H,18,19,22). The Morgan fingerprint density at radius 2 is 2.00 bits per heavy atom. The molecule has 2 N–H and O–H groups in total. The first-order valence-electron chi connectivity index (χ1n) is 7.04. The molecular weight excluding hydrogens is 312 g/mol. The summed E-state index contributed by atoms with van der Waals surface area (Å²) in [5.41, 5.74) is 0.793. The molecule has 0 aliphatic heterocycles. The number of carboxylic acid groups (broad SMARTS) is 1. The first-order valence-corrected chi connectivity index (χ1v) is 7.04. The number of nitrogens with zero attached hydrogens (tertiary/aromatic N) is 5. The van der Waals surface area contributed by atoms with Crippen molar-refractivity contribution in [2.45, 2.75) is 6.54 Å². The Bertz CT molecular complexity index is 884. The van der Waals surface area contributed by atoms with E-state index in [1.54, 1.807) is 4.68 Å². The molecule has 2 aromatic heterocycles. The predicted molar refractivity (Wildman–Crippen MR) is 83.7 cm³/mol. The molecule has 122 valence electrons. The monoisotopic (exact) mass is 326 g/mol. The second-order valence-electron chi connectivity index (χ2n) is 5.04. The van der Waals surface area contributed by atoms with Gasteiger partial charge in [0.05, 0.1) is 18.3 Å². The predicted octanol–water partition coefficient (Wildman–Crippen LogP) is 1.01. The lowest BCUT2D eigenvalue weighted by Gasteiger charge is -2.02. The number of aryl methyl sites for hydroxylation is 1. The van der Waals surface area contributed by atoms with Crippen LogP contribution in [0.4, 0.5) is 5.95 Å². The third-order valence-corrected chi connectivity index (χ3v) is 3.34. The average molecular weight is 326 g/mol. The van der Waals surface area contributed by atoms with Crippen LogP contribution in [0.15, 0.2) is 42.9 Å². The number of anilines is 1. The number of carbonyl (C=O) groups excluding carboxylic acids is 1. The van der Waals surface area contributed by atoms with Crippen LogP contribution in [0.25, 0.3) is 0 Å². The third-order valence-electron chi connectivity index (χ3n) is 3.34. The fourth-order valence-corrected chi connectivity index (χ4v) is 2.22. The third kappa shape index (κ3) is 3.14. The molecule has 2 heterocycles. The number of carboxylic acids is 1. The van der Waals surface area contributed by atoms with E-state index in [-0.39, 0.29) is 17.2 Å². The van der Waals surface area contributed by atoms with Gasteiger partial charge < -0.3 is 5.11 Å². The molecule has 1 amide bonds. The number of amides is 1. The SMILES string of the molecule is Cn1ncc(C(=O)Nc2ncn(Cc3ccccc3)n2)c1C(=O)O. The van der Waals surface area contributed by atoms with Gasteiger partial charge in [-0.05, 0) is 5.56 Å². The molecule has 3 rings (SSSR count). The van der Waals surface area contributed by atoms with Crippen LogP contribution in [0.1, 0.15) is 26.4 Å². The van der Waals surface area contributed by atoms with Crippen molar-refractivity contribution in [3.8, 4) is 0 Å². The summed E-state index contributed by atoms with van der Waals surface area (Å²) < 4.78 is 2.70. The van der Waals surface area contributed by atoms with Crippen molar-refractivity contribution >= 4 is 17.8 Å². The Labute approximate surface area is 136 Å². The summed E-state index contributed by atoms with van der Waals surface area (Å²) in [5, 5.41) is 19.6. The molecule has 0 saturated heterocycles. The van der Waals surface area contributed by atoms with Gasteiger partial charge in [0.2, 0.25) is 5.95 Å². The van der Waals surface area contributed by atoms with Gasteiger partial charge in [-0.15, -0.1) is 5.10 Å². The summed E-state index contributed by atoms with van der Waals surface area (Å²) in [7, 11) is 1.45. The number of rotatable bonds is 5. The van der Waals surface area contributed by atoms with Gasteiger partial charge in [0.15, 0.2) is 5.69 Å². The average Bonchev–Trinajstić information content (AvgIpc) is 3.15. The Morgan fingerprint density at radius 3 is 2.71 bits per heavy atom. The minimum absolute atomic E-state index is 0.0515. The van der Waals surface area contributed by atoms with Crippen LogP contribution in [-0.4, -0.2) is 41.5 Å². The van der Waals surface area contributed by atoms with Gasteiger partial charge in [0.25, 0.3) is 5.91 Å². The van der Waals surface area contributed by atoms with E-state index in [2.05, 4.69) is 20.5 Å². The van der Waals surface area contributed by atoms with E-state index < -0.39 is 11.9 Å². The van der Waals surface area contributed by atoms with Gasteiger partial charge in [0, 0.05) is 7.05 Å². The van der Waals surface area contributed by atoms with Crippen molar-refractivity contribution in [1.29, 1.82) is 0 Å². The quantitative estimate of drug-likeness (QED) is 0.723. The highest BCUT2D eigenvalue weighted by Gasteiger charge is 2.22. The number of nitrogens with one attached hydrogen (secondary N) is 1. The highest BCUT2D eigenvalue weighted by Crippen LogP contribution is 2.10. The molecule has 0 unspecified atom stereocenters. The van der Waals surface area contributed by atoms with Crippen molar-refractivity contribution in [1.82, 2.24) is 24.5 Å². The molecule has 0 aliphatic rings.